The minimum Gasteiger partial charge on any atom is -0.497 e. The molecule has 2 heterocycles. The fraction of sp³-hybridized carbons (Fsp3) is 0.387. The first kappa shape index (κ1) is 26.1. The Bertz CT molecular complexity index is 1190. The number of hydrogen-bond donors (Lipinski definition) is 1. The van der Waals surface area contributed by atoms with Gasteiger partial charge in [-0.3, -0.25) is 4.79 Å². The molecule has 2 aliphatic heterocycles. The molecule has 0 unspecified atom stereocenters. The first-order chi connectivity index (χ1) is 18.6. The molecule has 0 aliphatic carbocycles. The number of hydrogen-bond acceptors (Lipinski definition) is 6. The molecule has 1 N–H and O–H groups in total. The Morgan fingerprint density at radius 2 is 1.55 bits per heavy atom. The monoisotopic (exact) mass is 513 g/mol. The summed E-state index contributed by atoms with van der Waals surface area (Å²) in [7, 11) is 3.90. The van der Waals surface area contributed by atoms with Gasteiger partial charge in [-0.2, -0.15) is 0 Å². The minimum absolute atomic E-state index is 0.167. The van der Waals surface area contributed by atoms with E-state index in [0.29, 0.717) is 13.1 Å². The van der Waals surface area contributed by atoms with E-state index in [4.69, 9.17) is 4.74 Å². The van der Waals surface area contributed by atoms with E-state index in [9.17, 15) is 4.79 Å². The predicted molar refractivity (Wildman–Crippen MR) is 154 cm³/mol. The molecule has 5 rings (SSSR count). The van der Waals surface area contributed by atoms with Crippen molar-refractivity contribution in [3.63, 3.8) is 0 Å². The topological polar surface area (TPSA) is 51.3 Å². The van der Waals surface area contributed by atoms with Gasteiger partial charge < -0.3 is 29.7 Å². The lowest BCUT2D eigenvalue weighted by Crippen LogP contribution is -2.47. The summed E-state index contributed by atoms with van der Waals surface area (Å²) in [5.41, 5.74) is 6.09. The molecule has 0 bridgehead atoms. The van der Waals surface area contributed by atoms with Gasteiger partial charge in [0.05, 0.1) is 13.7 Å². The number of rotatable bonds is 9. The van der Waals surface area contributed by atoms with Gasteiger partial charge in [-0.05, 0) is 60.1 Å². The van der Waals surface area contributed by atoms with Crippen LogP contribution in [-0.2, 0) is 24.4 Å². The number of anilines is 2. The summed E-state index contributed by atoms with van der Waals surface area (Å²) in [6.07, 6.45) is 0. The van der Waals surface area contributed by atoms with Gasteiger partial charge in [-0.25, -0.2) is 0 Å². The van der Waals surface area contributed by atoms with Crippen LogP contribution in [0.2, 0.25) is 0 Å². The van der Waals surface area contributed by atoms with E-state index in [0.717, 1.165) is 69.4 Å². The van der Waals surface area contributed by atoms with Crippen LogP contribution in [0, 0.1) is 0 Å². The van der Waals surface area contributed by atoms with Crippen molar-refractivity contribution < 1.29 is 9.53 Å². The Morgan fingerprint density at radius 1 is 0.842 bits per heavy atom. The van der Waals surface area contributed by atoms with Gasteiger partial charge >= 0.3 is 0 Å². The smallest absolute Gasteiger partial charge is 0.236 e. The van der Waals surface area contributed by atoms with Gasteiger partial charge in [-0.15, -0.1) is 0 Å². The highest BCUT2D eigenvalue weighted by molar-refractivity contribution is 5.79. The van der Waals surface area contributed by atoms with Crippen molar-refractivity contribution >= 4 is 17.3 Å². The van der Waals surface area contributed by atoms with Gasteiger partial charge in [0.15, 0.2) is 0 Å². The van der Waals surface area contributed by atoms with E-state index in [2.05, 4.69) is 87.7 Å². The molecule has 7 heteroatoms. The Hall–Kier alpha value is -3.55. The molecule has 0 saturated carbocycles. The van der Waals surface area contributed by atoms with Gasteiger partial charge in [0.2, 0.25) is 5.91 Å². The lowest BCUT2D eigenvalue weighted by Gasteiger charge is -2.34. The second kappa shape index (κ2) is 12.3. The highest BCUT2D eigenvalue weighted by atomic mass is 16.5. The third-order valence-electron chi connectivity index (χ3n) is 7.55. The molecule has 200 valence electrons. The van der Waals surface area contributed by atoms with Crippen LogP contribution >= 0.6 is 0 Å². The lowest BCUT2D eigenvalue weighted by atomic mass is 10.1. The van der Waals surface area contributed by atoms with Crippen LogP contribution in [0.25, 0.3) is 0 Å². The number of amides is 1. The molecule has 3 aromatic rings. The van der Waals surface area contributed by atoms with Crippen LogP contribution in [0.5, 0.6) is 5.75 Å². The molecule has 0 aromatic heterocycles. The number of likely N-dealkylation sites (N-methyl/N-ethyl adjacent to an activating group) is 1. The summed E-state index contributed by atoms with van der Waals surface area (Å²) < 4.78 is 5.47. The number of carbonyl (C=O) groups is 1. The third-order valence-corrected chi connectivity index (χ3v) is 7.55. The van der Waals surface area contributed by atoms with Crippen LogP contribution in [0.3, 0.4) is 0 Å². The maximum atomic E-state index is 12.2. The molecule has 0 atom stereocenters. The highest BCUT2D eigenvalue weighted by Gasteiger charge is 2.18. The van der Waals surface area contributed by atoms with Crippen molar-refractivity contribution in [2.75, 3.05) is 69.8 Å². The highest BCUT2D eigenvalue weighted by Crippen LogP contribution is 2.25. The summed E-state index contributed by atoms with van der Waals surface area (Å²) >= 11 is 0. The Kier molecular flexibility index (Phi) is 8.46. The van der Waals surface area contributed by atoms with Crippen LogP contribution in [0.4, 0.5) is 11.4 Å². The molecule has 7 nitrogen and oxygen atoms in total. The maximum absolute atomic E-state index is 12.2. The van der Waals surface area contributed by atoms with Crippen molar-refractivity contribution in [1.29, 1.82) is 0 Å². The largest absolute Gasteiger partial charge is 0.497 e. The van der Waals surface area contributed by atoms with Crippen LogP contribution in [-0.4, -0.2) is 75.7 Å². The quantitative estimate of drug-likeness (QED) is 0.472. The number of ether oxygens (including phenoxy) is 1. The minimum atomic E-state index is 0.167. The zero-order valence-corrected chi connectivity index (χ0v) is 22.6. The van der Waals surface area contributed by atoms with E-state index in [1.807, 2.05) is 17.0 Å². The van der Waals surface area contributed by atoms with Crippen molar-refractivity contribution in [3.8, 4) is 5.75 Å². The van der Waals surface area contributed by atoms with Gasteiger partial charge in [0, 0.05) is 70.3 Å². The molecular weight excluding hydrogens is 474 g/mol. The second-order valence-electron chi connectivity index (χ2n) is 10.3. The average molecular weight is 514 g/mol. The fourth-order valence-corrected chi connectivity index (χ4v) is 5.17. The average Bonchev–Trinajstić information content (AvgIpc) is 2.95. The number of nitrogens with one attached hydrogen (secondary N) is 1. The third kappa shape index (κ3) is 6.65. The predicted octanol–water partition coefficient (Wildman–Crippen LogP) is 3.59. The summed E-state index contributed by atoms with van der Waals surface area (Å²) in [6.45, 7) is 8.63. The molecule has 38 heavy (non-hydrogen) atoms. The molecule has 0 radical (unpaired) electrons. The zero-order chi connectivity index (χ0) is 26.3. The van der Waals surface area contributed by atoms with Crippen molar-refractivity contribution in [1.82, 2.24) is 15.1 Å². The van der Waals surface area contributed by atoms with Gasteiger partial charge in [-0.1, -0.05) is 36.4 Å². The van der Waals surface area contributed by atoms with E-state index in [-0.39, 0.29) is 5.91 Å². The Labute approximate surface area is 226 Å². The fourth-order valence-electron chi connectivity index (χ4n) is 5.17. The SMILES string of the molecule is COc1cccc(CN(Cc2ccc(N3CCN(C)CC3)cc2)c2ccc(CN3CCNCC3=O)cc2)c1. The number of methoxy groups -OCH3 is 1. The van der Waals surface area contributed by atoms with Crippen LogP contribution in [0.15, 0.2) is 72.8 Å². The first-order valence-electron chi connectivity index (χ1n) is 13.5. The molecule has 2 fully saturated rings. The number of nitrogens with zero attached hydrogens (tertiary/aromatic N) is 4. The standard InChI is InChI=1S/C31H39N5O2/c1-33-16-18-34(19-17-33)28-10-6-26(7-11-28)23-36(24-27-4-3-5-30(20-27)38-2)29-12-8-25(9-13-29)22-35-15-14-32-21-31(35)37/h3-13,20,32H,14-19,21-24H2,1-2H3. The summed E-state index contributed by atoms with van der Waals surface area (Å²) in [4.78, 5) is 21.4. The Balaban J connectivity index is 1.32. The summed E-state index contributed by atoms with van der Waals surface area (Å²) in [5, 5.41) is 3.14. The number of benzene rings is 3. The number of carbonyl (C=O) groups excluding carboxylic acids is 1. The molecule has 3 aromatic carbocycles. The van der Waals surface area contributed by atoms with E-state index < -0.39 is 0 Å². The molecule has 0 spiro atoms. The van der Waals surface area contributed by atoms with Gasteiger partial charge in [0.25, 0.3) is 0 Å². The summed E-state index contributed by atoms with van der Waals surface area (Å²) in [6, 6.07) is 26.0. The number of piperazine rings is 2. The van der Waals surface area contributed by atoms with Crippen molar-refractivity contribution in [2.45, 2.75) is 19.6 Å². The normalized spacial score (nSPS) is 16.5. The molecule has 2 saturated heterocycles. The van der Waals surface area contributed by atoms with E-state index in [1.165, 1.54) is 16.8 Å². The van der Waals surface area contributed by atoms with Crippen molar-refractivity contribution in [3.05, 3.63) is 89.5 Å². The van der Waals surface area contributed by atoms with E-state index in [1.54, 1.807) is 7.11 Å². The van der Waals surface area contributed by atoms with E-state index >= 15 is 0 Å². The maximum Gasteiger partial charge on any atom is 0.236 e. The van der Waals surface area contributed by atoms with Crippen LogP contribution < -0.4 is 19.9 Å². The van der Waals surface area contributed by atoms with Gasteiger partial charge in [0.1, 0.15) is 5.75 Å². The Morgan fingerprint density at radius 3 is 2.26 bits per heavy atom. The molecule has 2 aliphatic rings. The second-order valence-corrected chi connectivity index (χ2v) is 10.3. The lowest BCUT2D eigenvalue weighted by molar-refractivity contribution is -0.132. The molecular formula is C31H39N5O2. The first-order valence-corrected chi connectivity index (χ1v) is 13.5. The van der Waals surface area contributed by atoms with Crippen LogP contribution in [0.1, 0.15) is 16.7 Å². The summed E-state index contributed by atoms with van der Waals surface area (Å²) in [5.74, 6) is 1.04. The molecule has 1 amide bonds. The van der Waals surface area contributed by atoms with Crippen molar-refractivity contribution in [2.24, 2.45) is 0 Å². The zero-order valence-electron chi connectivity index (χ0n) is 22.6.